The first-order chi connectivity index (χ1) is 9.47. The Morgan fingerprint density at radius 2 is 1.75 bits per heavy atom. The minimum atomic E-state index is 0.741. The van der Waals surface area contributed by atoms with E-state index in [2.05, 4.69) is 28.2 Å². The minimum Gasteiger partial charge on any atom is -0.398 e. The van der Waals surface area contributed by atoms with Gasteiger partial charge in [-0.3, -0.25) is 4.40 Å². The highest BCUT2D eigenvalue weighted by Crippen LogP contribution is 2.29. The van der Waals surface area contributed by atoms with Crippen molar-refractivity contribution in [2.45, 2.75) is 27.7 Å². The predicted molar refractivity (Wildman–Crippen MR) is 79.6 cm³/mol. The van der Waals surface area contributed by atoms with E-state index in [1.807, 2.05) is 37.3 Å². The Morgan fingerprint density at radius 3 is 2.50 bits per heavy atom. The SMILES string of the molecule is Cc1cc(C)c(N)c(-c2nnc3cc(C)nc(C)n23)c1. The summed E-state index contributed by atoms with van der Waals surface area (Å²) in [5, 5.41) is 8.54. The van der Waals surface area contributed by atoms with E-state index in [1.54, 1.807) is 0 Å². The van der Waals surface area contributed by atoms with Crippen molar-refractivity contribution in [1.29, 1.82) is 0 Å². The molecule has 1 aromatic carbocycles. The van der Waals surface area contributed by atoms with Crippen LogP contribution in [0.2, 0.25) is 0 Å². The van der Waals surface area contributed by atoms with Gasteiger partial charge in [0, 0.05) is 23.0 Å². The topological polar surface area (TPSA) is 69.1 Å². The molecule has 3 aromatic rings. The van der Waals surface area contributed by atoms with Gasteiger partial charge in [0.15, 0.2) is 11.5 Å². The van der Waals surface area contributed by atoms with Gasteiger partial charge in [-0.2, -0.15) is 0 Å². The number of anilines is 1. The molecule has 20 heavy (non-hydrogen) atoms. The molecule has 0 fully saturated rings. The average Bonchev–Trinajstić information content (AvgIpc) is 2.77. The van der Waals surface area contributed by atoms with Gasteiger partial charge in [0.05, 0.1) is 0 Å². The molecule has 2 heterocycles. The lowest BCUT2D eigenvalue weighted by molar-refractivity contribution is 0.962. The molecular formula is C15H17N5. The lowest BCUT2D eigenvalue weighted by Gasteiger charge is -2.10. The van der Waals surface area contributed by atoms with E-state index in [0.29, 0.717) is 0 Å². The largest absolute Gasteiger partial charge is 0.398 e. The van der Waals surface area contributed by atoms with Crippen molar-refractivity contribution >= 4 is 11.3 Å². The molecule has 0 aliphatic heterocycles. The van der Waals surface area contributed by atoms with Crippen LogP contribution in [-0.2, 0) is 0 Å². The van der Waals surface area contributed by atoms with Gasteiger partial charge in [0.1, 0.15) is 5.82 Å². The second-order valence-corrected chi connectivity index (χ2v) is 5.21. The van der Waals surface area contributed by atoms with Crippen LogP contribution in [0.5, 0.6) is 0 Å². The number of hydrogen-bond acceptors (Lipinski definition) is 4. The molecule has 0 saturated heterocycles. The van der Waals surface area contributed by atoms with Crippen molar-refractivity contribution < 1.29 is 0 Å². The fourth-order valence-electron chi connectivity index (χ4n) is 2.57. The Balaban J connectivity index is 2.36. The van der Waals surface area contributed by atoms with E-state index in [0.717, 1.165) is 45.4 Å². The summed E-state index contributed by atoms with van der Waals surface area (Å²) >= 11 is 0. The molecule has 2 N–H and O–H groups in total. The third-order valence-corrected chi connectivity index (χ3v) is 3.46. The quantitative estimate of drug-likeness (QED) is 0.688. The molecule has 5 heteroatoms. The van der Waals surface area contributed by atoms with Crippen LogP contribution in [0.1, 0.15) is 22.6 Å². The smallest absolute Gasteiger partial charge is 0.171 e. The Bertz CT molecular complexity index is 817. The molecule has 0 aliphatic rings. The molecule has 0 spiro atoms. The summed E-state index contributed by atoms with van der Waals surface area (Å²) in [6.45, 7) is 7.96. The third kappa shape index (κ3) is 1.82. The zero-order valence-corrected chi connectivity index (χ0v) is 12.1. The predicted octanol–water partition coefficient (Wildman–Crippen LogP) is 2.61. The number of fused-ring (bicyclic) bond motifs is 1. The van der Waals surface area contributed by atoms with Crippen LogP contribution in [0, 0.1) is 27.7 Å². The van der Waals surface area contributed by atoms with Gasteiger partial charge in [0.25, 0.3) is 0 Å². The van der Waals surface area contributed by atoms with E-state index >= 15 is 0 Å². The van der Waals surface area contributed by atoms with Crippen molar-refractivity contribution in [3.05, 3.63) is 40.8 Å². The number of rotatable bonds is 1. The van der Waals surface area contributed by atoms with Crippen LogP contribution in [0.15, 0.2) is 18.2 Å². The van der Waals surface area contributed by atoms with Crippen molar-refractivity contribution in [3.63, 3.8) is 0 Å². The normalized spacial score (nSPS) is 11.2. The second kappa shape index (κ2) is 4.30. The second-order valence-electron chi connectivity index (χ2n) is 5.21. The van der Waals surface area contributed by atoms with Crippen LogP contribution < -0.4 is 5.73 Å². The van der Waals surface area contributed by atoms with Gasteiger partial charge >= 0.3 is 0 Å². The average molecular weight is 267 g/mol. The zero-order chi connectivity index (χ0) is 14.4. The fraction of sp³-hybridized carbons (Fsp3) is 0.267. The summed E-state index contributed by atoms with van der Waals surface area (Å²) in [5.41, 5.74) is 11.8. The van der Waals surface area contributed by atoms with Crippen molar-refractivity contribution in [2.75, 3.05) is 5.73 Å². The lowest BCUT2D eigenvalue weighted by Crippen LogP contribution is -2.02. The molecule has 0 atom stereocenters. The molecule has 0 unspecified atom stereocenters. The molecule has 0 bridgehead atoms. The van der Waals surface area contributed by atoms with E-state index in [-0.39, 0.29) is 0 Å². The van der Waals surface area contributed by atoms with Gasteiger partial charge in [-0.25, -0.2) is 4.98 Å². The van der Waals surface area contributed by atoms with Crippen LogP contribution in [0.25, 0.3) is 17.0 Å². The monoisotopic (exact) mass is 267 g/mol. The third-order valence-electron chi connectivity index (χ3n) is 3.46. The van der Waals surface area contributed by atoms with Crippen molar-refractivity contribution in [2.24, 2.45) is 0 Å². The molecule has 5 nitrogen and oxygen atoms in total. The molecule has 0 saturated carbocycles. The van der Waals surface area contributed by atoms with Crippen LogP contribution >= 0.6 is 0 Å². The van der Waals surface area contributed by atoms with Gasteiger partial charge < -0.3 is 5.73 Å². The summed E-state index contributed by atoms with van der Waals surface area (Å²) < 4.78 is 1.94. The number of benzene rings is 1. The summed E-state index contributed by atoms with van der Waals surface area (Å²) in [5.74, 6) is 1.60. The van der Waals surface area contributed by atoms with Gasteiger partial charge in [0.2, 0.25) is 0 Å². The Kier molecular flexibility index (Phi) is 2.71. The number of aromatic nitrogens is 4. The molecule has 102 valence electrons. The molecule has 3 rings (SSSR count). The fourth-order valence-corrected chi connectivity index (χ4v) is 2.57. The van der Waals surface area contributed by atoms with Crippen molar-refractivity contribution in [3.8, 4) is 11.4 Å². The maximum absolute atomic E-state index is 6.21. The highest BCUT2D eigenvalue weighted by molar-refractivity contribution is 5.76. The maximum atomic E-state index is 6.21. The molecule has 2 aromatic heterocycles. The number of hydrogen-bond donors (Lipinski definition) is 1. The summed E-state index contributed by atoms with van der Waals surface area (Å²) in [7, 11) is 0. The first kappa shape index (κ1) is 12.6. The van der Waals surface area contributed by atoms with Gasteiger partial charge in [-0.15, -0.1) is 10.2 Å². The number of nitrogen functional groups attached to an aromatic ring is 1. The summed E-state index contributed by atoms with van der Waals surface area (Å²) in [6, 6.07) is 6.03. The highest BCUT2D eigenvalue weighted by Gasteiger charge is 2.15. The number of nitrogens with zero attached hydrogens (tertiary/aromatic N) is 4. The Morgan fingerprint density at radius 1 is 1.00 bits per heavy atom. The minimum absolute atomic E-state index is 0.741. The summed E-state index contributed by atoms with van der Waals surface area (Å²) in [6.07, 6.45) is 0. The highest BCUT2D eigenvalue weighted by atomic mass is 15.3. The molecular weight excluding hydrogens is 250 g/mol. The molecule has 0 radical (unpaired) electrons. The number of aryl methyl sites for hydroxylation is 4. The van der Waals surface area contributed by atoms with Gasteiger partial charge in [-0.1, -0.05) is 6.07 Å². The molecule has 0 amide bonds. The van der Waals surface area contributed by atoms with E-state index in [1.165, 1.54) is 0 Å². The Labute approximate surface area is 117 Å². The zero-order valence-electron chi connectivity index (χ0n) is 12.1. The van der Waals surface area contributed by atoms with Crippen LogP contribution in [0.3, 0.4) is 0 Å². The van der Waals surface area contributed by atoms with Gasteiger partial charge in [-0.05, 0) is 44.9 Å². The first-order valence-electron chi connectivity index (χ1n) is 6.54. The number of nitrogens with two attached hydrogens (primary N) is 1. The lowest BCUT2D eigenvalue weighted by atomic mass is 10.0. The van der Waals surface area contributed by atoms with E-state index < -0.39 is 0 Å². The Hall–Kier alpha value is -2.43. The standard InChI is InChI=1S/C15H17N5/c1-8-5-9(2)14(16)12(6-8)15-19-18-13-7-10(3)17-11(4)20(13)15/h5-7H,16H2,1-4H3. The maximum Gasteiger partial charge on any atom is 0.171 e. The van der Waals surface area contributed by atoms with E-state index in [4.69, 9.17) is 5.73 Å². The summed E-state index contributed by atoms with van der Waals surface area (Å²) in [4.78, 5) is 4.48. The van der Waals surface area contributed by atoms with Crippen LogP contribution in [0.4, 0.5) is 5.69 Å². The van der Waals surface area contributed by atoms with E-state index in [9.17, 15) is 0 Å². The van der Waals surface area contributed by atoms with Crippen LogP contribution in [-0.4, -0.2) is 19.6 Å². The molecule has 0 aliphatic carbocycles. The van der Waals surface area contributed by atoms with Crippen molar-refractivity contribution in [1.82, 2.24) is 19.6 Å². The first-order valence-corrected chi connectivity index (χ1v) is 6.54.